The Morgan fingerprint density at radius 3 is 2.68 bits per heavy atom. The standard InChI is InChI=1S/C21H25IN4O2/c1-3-17(8-6-5-7-13-27)25-21-24-14-18(22)19(26-21)15-9-11-16(12-10-15)20(28)23-4-2/h3,6,8-12,14,27H,4-5,7,13H2,1-2H3,(H,23,28)(H,24,25,26)/b8-6-,17-3+. The third-order valence-corrected chi connectivity index (χ3v) is 4.68. The Morgan fingerprint density at radius 1 is 1.29 bits per heavy atom. The monoisotopic (exact) mass is 492 g/mol. The van der Waals surface area contributed by atoms with E-state index >= 15 is 0 Å². The van der Waals surface area contributed by atoms with E-state index in [1.807, 2.05) is 44.2 Å². The van der Waals surface area contributed by atoms with Crippen LogP contribution in [0.15, 0.2) is 54.4 Å². The van der Waals surface area contributed by atoms with Gasteiger partial charge >= 0.3 is 0 Å². The van der Waals surface area contributed by atoms with Crippen LogP contribution in [0.25, 0.3) is 11.3 Å². The average Bonchev–Trinajstić information content (AvgIpc) is 2.72. The second-order valence-corrected chi connectivity index (χ2v) is 7.13. The van der Waals surface area contributed by atoms with Gasteiger partial charge in [-0.25, -0.2) is 9.97 Å². The highest BCUT2D eigenvalue weighted by atomic mass is 127. The summed E-state index contributed by atoms with van der Waals surface area (Å²) in [5.41, 5.74) is 3.23. The number of hydrogen-bond acceptors (Lipinski definition) is 5. The van der Waals surface area contributed by atoms with E-state index in [-0.39, 0.29) is 12.5 Å². The van der Waals surface area contributed by atoms with Gasteiger partial charge in [-0.3, -0.25) is 4.79 Å². The van der Waals surface area contributed by atoms with Crippen LogP contribution in [0, 0.1) is 3.57 Å². The number of aromatic nitrogens is 2. The Balaban J connectivity index is 2.18. The van der Waals surface area contributed by atoms with Crippen molar-refractivity contribution >= 4 is 34.4 Å². The van der Waals surface area contributed by atoms with Crippen LogP contribution < -0.4 is 10.6 Å². The zero-order chi connectivity index (χ0) is 20.4. The molecule has 0 bridgehead atoms. The average molecular weight is 492 g/mol. The quantitative estimate of drug-likeness (QED) is 0.278. The van der Waals surface area contributed by atoms with Crippen molar-refractivity contribution in [1.29, 1.82) is 0 Å². The van der Waals surface area contributed by atoms with Crippen molar-refractivity contribution < 1.29 is 9.90 Å². The molecule has 0 atom stereocenters. The fourth-order valence-electron chi connectivity index (χ4n) is 2.43. The largest absolute Gasteiger partial charge is 0.396 e. The topological polar surface area (TPSA) is 87.1 Å². The van der Waals surface area contributed by atoms with Crippen LogP contribution in [0.3, 0.4) is 0 Å². The highest BCUT2D eigenvalue weighted by Gasteiger charge is 2.10. The Labute approximate surface area is 179 Å². The van der Waals surface area contributed by atoms with Gasteiger partial charge < -0.3 is 15.7 Å². The number of carbonyl (C=O) groups is 1. The molecule has 28 heavy (non-hydrogen) atoms. The molecule has 148 valence electrons. The second-order valence-electron chi connectivity index (χ2n) is 5.96. The number of anilines is 1. The normalized spacial score (nSPS) is 11.6. The molecule has 3 N–H and O–H groups in total. The molecular formula is C21H25IN4O2. The fourth-order valence-corrected chi connectivity index (χ4v) is 3.00. The van der Waals surface area contributed by atoms with E-state index in [4.69, 9.17) is 5.11 Å². The molecule has 1 aromatic heterocycles. The van der Waals surface area contributed by atoms with Gasteiger partial charge in [0.15, 0.2) is 0 Å². The molecule has 1 heterocycles. The maximum absolute atomic E-state index is 11.9. The van der Waals surface area contributed by atoms with Crippen LogP contribution in [0.1, 0.15) is 37.0 Å². The number of amides is 1. The summed E-state index contributed by atoms with van der Waals surface area (Å²) in [6.07, 6.45) is 9.23. The molecule has 1 amide bonds. The maximum atomic E-state index is 11.9. The minimum Gasteiger partial charge on any atom is -0.396 e. The lowest BCUT2D eigenvalue weighted by Crippen LogP contribution is -2.22. The number of halogens is 1. The molecule has 0 spiro atoms. The molecule has 1 aromatic carbocycles. The molecule has 0 unspecified atom stereocenters. The minimum absolute atomic E-state index is 0.0838. The Bertz CT molecular complexity index is 848. The predicted molar refractivity (Wildman–Crippen MR) is 121 cm³/mol. The first-order valence-corrected chi connectivity index (χ1v) is 10.3. The number of nitrogens with zero attached hydrogens (tertiary/aromatic N) is 2. The second kappa shape index (κ2) is 11.6. The van der Waals surface area contributed by atoms with Crippen LogP contribution in [0.5, 0.6) is 0 Å². The molecule has 0 radical (unpaired) electrons. The van der Waals surface area contributed by atoms with E-state index in [9.17, 15) is 4.79 Å². The Kier molecular flexibility index (Phi) is 9.09. The number of hydrogen-bond donors (Lipinski definition) is 3. The molecule has 2 aromatic rings. The van der Waals surface area contributed by atoms with E-state index in [0.717, 1.165) is 33.4 Å². The van der Waals surface area contributed by atoms with Gasteiger partial charge in [0, 0.05) is 36.2 Å². The zero-order valence-corrected chi connectivity index (χ0v) is 18.2. The van der Waals surface area contributed by atoms with Crippen LogP contribution >= 0.6 is 22.6 Å². The molecule has 6 nitrogen and oxygen atoms in total. The first-order valence-electron chi connectivity index (χ1n) is 9.21. The third kappa shape index (κ3) is 6.42. The number of nitrogens with one attached hydrogen (secondary N) is 2. The van der Waals surface area contributed by atoms with Gasteiger partial charge in [0.05, 0.1) is 9.26 Å². The highest BCUT2D eigenvalue weighted by molar-refractivity contribution is 14.1. The van der Waals surface area contributed by atoms with Gasteiger partial charge in [-0.05, 0) is 67.5 Å². The number of unbranched alkanes of at least 4 members (excludes halogenated alkanes) is 1. The van der Waals surface area contributed by atoms with Crippen molar-refractivity contribution in [2.45, 2.75) is 26.7 Å². The molecule has 0 saturated heterocycles. The lowest BCUT2D eigenvalue weighted by molar-refractivity contribution is 0.0956. The first kappa shape index (κ1) is 22.0. The lowest BCUT2D eigenvalue weighted by Gasteiger charge is -2.10. The summed E-state index contributed by atoms with van der Waals surface area (Å²) in [6, 6.07) is 7.38. The molecule has 0 saturated carbocycles. The summed E-state index contributed by atoms with van der Waals surface area (Å²) < 4.78 is 0.925. The minimum atomic E-state index is -0.0838. The summed E-state index contributed by atoms with van der Waals surface area (Å²) in [7, 11) is 0. The van der Waals surface area contributed by atoms with E-state index in [0.29, 0.717) is 18.1 Å². The number of allylic oxidation sites excluding steroid dienone is 3. The van der Waals surface area contributed by atoms with Gasteiger partial charge in [0.25, 0.3) is 5.91 Å². The molecule has 0 aliphatic rings. The lowest BCUT2D eigenvalue weighted by atomic mass is 10.1. The number of rotatable bonds is 9. The van der Waals surface area contributed by atoms with Crippen LogP contribution in [0.2, 0.25) is 0 Å². The van der Waals surface area contributed by atoms with Gasteiger partial charge in [-0.2, -0.15) is 0 Å². The van der Waals surface area contributed by atoms with Gasteiger partial charge in [0.2, 0.25) is 5.95 Å². The van der Waals surface area contributed by atoms with Crippen molar-refractivity contribution in [3.05, 3.63) is 63.5 Å². The molecular weight excluding hydrogens is 467 g/mol. The summed E-state index contributed by atoms with van der Waals surface area (Å²) >= 11 is 2.21. The summed E-state index contributed by atoms with van der Waals surface area (Å²) in [6.45, 7) is 4.61. The van der Waals surface area contributed by atoms with Crippen molar-refractivity contribution in [2.24, 2.45) is 0 Å². The fraction of sp³-hybridized carbons (Fsp3) is 0.286. The Hall–Kier alpha value is -2.26. The molecule has 0 aliphatic heterocycles. The third-order valence-electron chi connectivity index (χ3n) is 3.90. The summed E-state index contributed by atoms with van der Waals surface area (Å²) in [5, 5.41) is 14.9. The molecule has 0 aliphatic carbocycles. The Morgan fingerprint density at radius 2 is 2.04 bits per heavy atom. The SMILES string of the molecule is C/C=C(\C=C/CCCO)Nc1ncc(I)c(-c2ccc(C(=O)NCC)cc2)n1. The van der Waals surface area contributed by atoms with Crippen molar-refractivity contribution in [1.82, 2.24) is 15.3 Å². The molecule has 7 heteroatoms. The van der Waals surface area contributed by atoms with Gasteiger partial charge in [0.1, 0.15) is 0 Å². The number of aliphatic hydroxyl groups excluding tert-OH is 1. The highest BCUT2D eigenvalue weighted by Crippen LogP contribution is 2.24. The zero-order valence-electron chi connectivity index (χ0n) is 16.1. The molecule has 0 fully saturated rings. The van der Waals surface area contributed by atoms with Crippen LogP contribution in [0.4, 0.5) is 5.95 Å². The van der Waals surface area contributed by atoms with Crippen molar-refractivity contribution in [2.75, 3.05) is 18.5 Å². The number of aliphatic hydroxyl groups is 1. The van der Waals surface area contributed by atoms with E-state index in [1.54, 1.807) is 18.3 Å². The van der Waals surface area contributed by atoms with Gasteiger partial charge in [-0.1, -0.05) is 24.3 Å². The van der Waals surface area contributed by atoms with Gasteiger partial charge in [-0.15, -0.1) is 0 Å². The molecule has 2 rings (SSSR count). The predicted octanol–water partition coefficient (Wildman–Crippen LogP) is 4.14. The van der Waals surface area contributed by atoms with Crippen LogP contribution in [-0.2, 0) is 0 Å². The van der Waals surface area contributed by atoms with E-state index < -0.39 is 0 Å². The van der Waals surface area contributed by atoms with Crippen molar-refractivity contribution in [3.63, 3.8) is 0 Å². The number of carbonyl (C=O) groups excluding carboxylic acids is 1. The van der Waals surface area contributed by atoms with Crippen LogP contribution in [-0.4, -0.2) is 34.1 Å². The van der Waals surface area contributed by atoms with E-state index in [1.165, 1.54) is 0 Å². The summed E-state index contributed by atoms with van der Waals surface area (Å²) in [5.74, 6) is 0.419. The van der Waals surface area contributed by atoms with Crippen molar-refractivity contribution in [3.8, 4) is 11.3 Å². The smallest absolute Gasteiger partial charge is 0.251 e. The summed E-state index contributed by atoms with van der Waals surface area (Å²) in [4.78, 5) is 20.9. The van der Waals surface area contributed by atoms with E-state index in [2.05, 4.69) is 43.2 Å². The number of benzene rings is 1. The first-order chi connectivity index (χ1) is 13.6. The maximum Gasteiger partial charge on any atom is 0.251 e.